The highest BCUT2D eigenvalue weighted by molar-refractivity contribution is 9.10. The largest absolute Gasteiger partial charge is 0.323 e. The molecular formula is C16H18BrFN4OS. The second kappa shape index (κ2) is 7.23. The Labute approximate surface area is 152 Å². The van der Waals surface area contributed by atoms with Crippen molar-refractivity contribution in [2.75, 3.05) is 5.32 Å². The zero-order valence-electron chi connectivity index (χ0n) is 13.4. The first-order chi connectivity index (χ1) is 11.5. The van der Waals surface area contributed by atoms with Gasteiger partial charge >= 0.3 is 0 Å². The molecule has 128 valence electrons. The van der Waals surface area contributed by atoms with Crippen LogP contribution in [0.3, 0.4) is 0 Å². The second-order valence-corrected chi connectivity index (χ2v) is 7.96. The molecule has 5 nitrogen and oxygen atoms in total. The molecule has 1 N–H and O–H groups in total. The van der Waals surface area contributed by atoms with E-state index in [9.17, 15) is 9.18 Å². The topological polar surface area (TPSA) is 59.8 Å². The Morgan fingerprint density at radius 1 is 1.50 bits per heavy atom. The number of hydrogen-bond acceptors (Lipinski definition) is 4. The summed E-state index contributed by atoms with van der Waals surface area (Å²) >= 11 is 4.54. The van der Waals surface area contributed by atoms with Gasteiger partial charge in [-0.05, 0) is 44.9 Å². The number of anilines is 1. The smallest absolute Gasteiger partial charge is 0.237 e. The van der Waals surface area contributed by atoms with E-state index in [1.807, 2.05) is 6.92 Å². The van der Waals surface area contributed by atoms with E-state index in [1.165, 1.54) is 23.9 Å². The molecule has 1 saturated carbocycles. The first-order valence-corrected chi connectivity index (χ1v) is 9.52. The van der Waals surface area contributed by atoms with Gasteiger partial charge in [0.05, 0.1) is 10.9 Å². The van der Waals surface area contributed by atoms with Crippen molar-refractivity contribution in [1.29, 1.82) is 0 Å². The molecule has 0 aliphatic heterocycles. The fourth-order valence-electron chi connectivity index (χ4n) is 2.36. The fraction of sp³-hybridized carbons (Fsp3) is 0.438. The number of carbonyl (C=O) groups is 1. The number of hydrogen-bond donors (Lipinski definition) is 1. The van der Waals surface area contributed by atoms with Gasteiger partial charge in [0.1, 0.15) is 11.6 Å². The standard InChI is InChI=1S/C16H18BrFN4OS/c1-3-22-14(10-4-5-10)20-21-16(22)24-9(2)15(23)19-13-7-6-11(17)8-12(13)18/h6-10H,3-5H2,1-2H3,(H,19,23). The normalized spacial score (nSPS) is 15.3. The third-order valence-corrected chi connectivity index (χ3v) is 5.42. The van der Waals surface area contributed by atoms with Crippen LogP contribution < -0.4 is 5.32 Å². The Morgan fingerprint density at radius 2 is 2.25 bits per heavy atom. The van der Waals surface area contributed by atoms with Crippen molar-refractivity contribution < 1.29 is 9.18 Å². The van der Waals surface area contributed by atoms with Crippen molar-refractivity contribution in [3.8, 4) is 0 Å². The van der Waals surface area contributed by atoms with Crippen LogP contribution in [0.2, 0.25) is 0 Å². The van der Waals surface area contributed by atoms with Gasteiger partial charge in [0.2, 0.25) is 5.91 Å². The van der Waals surface area contributed by atoms with Crippen LogP contribution in [0, 0.1) is 5.82 Å². The number of thioether (sulfide) groups is 1. The first-order valence-electron chi connectivity index (χ1n) is 7.85. The van der Waals surface area contributed by atoms with Crippen LogP contribution in [0.5, 0.6) is 0 Å². The van der Waals surface area contributed by atoms with Gasteiger partial charge in [-0.25, -0.2) is 4.39 Å². The summed E-state index contributed by atoms with van der Waals surface area (Å²) < 4.78 is 16.5. The Balaban J connectivity index is 1.68. The number of rotatable bonds is 6. The van der Waals surface area contributed by atoms with Crippen LogP contribution >= 0.6 is 27.7 Å². The SMILES string of the molecule is CCn1c(SC(C)C(=O)Nc2ccc(Br)cc2F)nnc1C1CC1. The summed E-state index contributed by atoms with van der Waals surface area (Å²) in [6, 6.07) is 4.55. The minimum atomic E-state index is -0.470. The highest BCUT2D eigenvalue weighted by atomic mass is 79.9. The van der Waals surface area contributed by atoms with E-state index in [0.717, 1.165) is 30.4 Å². The molecule has 1 heterocycles. The monoisotopic (exact) mass is 412 g/mol. The van der Waals surface area contributed by atoms with Gasteiger partial charge in [0.25, 0.3) is 0 Å². The molecule has 0 radical (unpaired) electrons. The van der Waals surface area contributed by atoms with Gasteiger partial charge in [0, 0.05) is 16.9 Å². The van der Waals surface area contributed by atoms with Crippen molar-refractivity contribution in [3.63, 3.8) is 0 Å². The number of amides is 1. The van der Waals surface area contributed by atoms with Crippen molar-refractivity contribution in [2.45, 2.75) is 49.6 Å². The Bertz CT molecular complexity index is 763. The zero-order chi connectivity index (χ0) is 17.3. The fourth-order valence-corrected chi connectivity index (χ4v) is 3.62. The van der Waals surface area contributed by atoms with E-state index in [2.05, 4.69) is 36.0 Å². The Kier molecular flexibility index (Phi) is 5.24. The molecule has 1 aliphatic carbocycles. The van der Waals surface area contributed by atoms with E-state index in [4.69, 9.17) is 0 Å². The van der Waals surface area contributed by atoms with E-state index < -0.39 is 11.1 Å². The Hall–Kier alpha value is -1.41. The van der Waals surface area contributed by atoms with E-state index in [-0.39, 0.29) is 11.6 Å². The van der Waals surface area contributed by atoms with E-state index in [1.54, 1.807) is 13.0 Å². The lowest BCUT2D eigenvalue weighted by Crippen LogP contribution is -2.23. The number of nitrogens with zero attached hydrogens (tertiary/aromatic N) is 3. The maximum Gasteiger partial charge on any atom is 0.237 e. The number of aromatic nitrogens is 3. The molecule has 1 unspecified atom stereocenters. The third-order valence-electron chi connectivity index (χ3n) is 3.84. The lowest BCUT2D eigenvalue weighted by molar-refractivity contribution is -0.115. The quantitative estimate of drug-likeness (QED) is 0.722. The first kappa shape index (κ1) is 17.4. The molecule has 1 aromatic carbocycles. The predicted octanol–water partition coefficient (Wildman–Crippen LogP) is 4.20. The summed E-state index contributed by atoms with van der Waals surface area (Å²) in [7, 11) is 0. The molecule has 0 saturated heterocycles. The van der Waals surface area contributed by atoms with Crippen LogP contribution in [-0.2, 0) is 11.3 Å². The summed E-state index contributed by atoms with van der Waals surface area (Å²) in [5.74, 6) is 0.780. The molecule has 1 aromatic heterocycles. The van der Waals surface area contributed by atoms with Crippen LogP contribution in [-0.4, -0.2) is 25.9 Å². The van der Waals surface area contributed by atoms with Crippen LogP contribution in [0.15, 0.2) is 27.8 Å². The summed E-state index contributed by atoms with van der Waals surface area (Å²) in [5, 5.41) is 11.4. The summed E-state index contributed by atoms with van der Waals surface area (Å²) in [6.45, 7) is 4.60. The number of halogens is 2. The highest BCUT2D eigenvalue weighted by Crippen LogP contribution is 2.40. The van der Waals surface area contributed by atoms with Crippen LogP contribution in [0.1, 0.15) is 38.4 Å². The van der Waals surface area contributed by atoms with Gasteiger partial charge in [-0.15, -0.1) is 10.2 Å². The summed E-state index contributed by atoms with van der Waals surface area (Å²) in [6.07, 6.45) is 2.31. The van der Waals surface area contributed by atoms with Gasteiger partial charge in [-0.1, -0.05) is 27.7 Å². The molecular weight excluding hydrogens is 395 g/mol. The van der Waals surface area contributed by atoms with E-state index in [0.29, 0.717) is 10.4 Å². The molecule has 1 amide bonds. The van der Waals surface area contributed by atoms with Crippen molar-refractivity contribution in [3.05, 3.63) is 34.3 Å². The Morgan fingerprint density at radius 3 is 2.88 bits per heavy atom. The molecule has 24 heavy (non-hydrogen) atoms. The lowest BCUT2D eigenvalue weighted by Gasteiger charge is -2.13. The molecule has 1 fully saturated rings. The number of benzene rings is 1. The zero-order valence-corrected chi connectivity index (χ0v) is 15.8. The van der Waals surface area contributed by atoms with Crippen LogP contribution in [0.4, 0.5) is 10.1 Å². The predicted molar refractivity (Wildman–Crippen MR) is 95.7 cm³/mol. The van der Waals surface area contributed by atoms with Gasteiger partial charge < -0.3 is 9.88 Å². The molecule has 1 atom stereocenters. The highest BCUT2D eigenvalue weighted by Gasteiger charge is 2.30. The third kappa shape index (κ3) is 3.80. The molecule has 3 rings (SSSR count). The number of carbonyl (C=O) groups excluding carboxylic acids is 1. The van der Waals surface area contributed by atoms with E-state index >= 15 is 0 Å². The van der Waals surface area contributed by atoms with Gasteiger partial charge in [-0.3, -0.25) is 4.79 Å². The average Bonchev–Trinajstić information content (AvgIpc) is 3.31. The average molecular weight is 413 g/mol. The minimum Gasteiger partial charge on any atom is -0.323 e. The van der Waals surface area contributed by atoms with Crippen molar-refractivity contribution in [1.82, 2.24) is 14.8 Å². The number of nitrogens with one attached hydrogen (secondary N) is 1. The van der Waals surface area contributed by atoms with Crippen molar-refractivity contribution in [2.24, 2.45) is 0 Å². The maximum absolute atomic E-state index is 13.8. The maximum atomic E-state index is 13.8. The second-order valence-electron chi connectivity index (χ2n) is 5.73. The summed E-state index contributed by atoms with van der Waals surface area (Å²) in [4.78, 5) is 12.3. The molecule has 0 spiro atoms. The molecule has 1 aliphatic rings. The summed E-state index contributed by atoms with van der Waals surface area (Å²) in [5.41, 5.74) is 0.172. The van der Waals surface area contributed by atoms with Gasteiger partial charge in [-0.2, -0.15) is 0 Å². The molecule has 2 aromatic rings. The molecule has 0 bridgehead atoms. The van der Waals surface area contributed by atoms with Crippen molar-refractivity contribution >= 4 is 39.3 Å². The lowest BCUT2D eigenvalue weighted by atomic mass is 10.3. The van der Waals surface area contributed by atoms with Crippen LogP contribution in [0.25, 0.3) is 0 Å². The molecule has 8 heteroatoms. The van der Waals surface area contributed by atoms with Gasteiger partial charge in [0.15, 0.2) is 5.16 Å². The minimum absolute atomic E-state index is 0.172.